The summed E-state index contributed by atoms with van der Waals surface area (Å²) in [5.74, 6) is 0.462. The number of hydrogen-bond donors (Lipinski definition) is 1. The van der Waals surface area contributed by atoms with E-state index in [0.717, 1.165) is 63.0 Å². The van der Waals surface area contributed by atoms with Gasteiger partial charge in [-0.05, 0) is 68.3 Å². The number of benzene rings is 2. The number of nitrogens with one attached hydrogen (secondary N) is 1. The average Bonchev–Trinajstić information content (AvgIpc) is 2.88. The molecule has 2 aliphatic rings. The maximum atomic E-state index is 12.7. The predicted molar refractivity (Wildman–Crippen MR) is 130 cm³/mol. The summed E-state index contributed by atoms with van der Waals surface area (Å²) in [6, 6.07) is 18.5. The molecule has 176 valence electrons. The molecule has 1 atom stereocenters. The van der Waals surface area contributed by atoms with Crippen molar-refractivity contribution in [2.75, 3.05) is 39.3 Å². The van der Waals surface area contributed by atoms with Gasteiger partial charge in [-0.25, -0.2) is 4.79 Å². The molecule has 0 bridgehead atoms. The topological polar surface area (TPSA) is 61.9 Å². The first-order chi connectivity index (χ1) is 16.1. The van der Waals surface area contributed by atoms with E-state index in [9.17, 15) is 9.59 Å². The fourth-order valence-corrected chi connectivity index (χ4v) is 5.01. The number of rotatable bonds is 6. The van der Waals surface area contributed by atoms with Gasteiger partial charge in [-0.3, -0.25) is 9.69 Å². The molecule has 2 aromatic carbocycles. The third-order valence-corrected chi connectivity index (χ3v) is 6.86. The molecule has 6 nitrogen and oxygen atoms in total. The number of likely N-dealkylation sites (tertiary alicyclic amines) is 2. The minimum Gasteiger partial charge on any atom is -0.450 e. The number of carbonyl (C=O) groups excluding carboxylic acids is 2. The van der Waals surface area contributed by atoms with Crippen molar-refractivity contribution in [2.24, 2.45) is 5.92 Å². The summed E-state index contributed by atoms with van der Waals surface area (Å²) in [5, 5.41) is 3.15. The Kier molecular flexibility index (Phi) is 8.00. The van der Waals surface area contributed by atoms with Crippen molar-refractivity contribution in [1.82, 2.24) is 15.1 Å². The Morgan fingerprint density at radius 2 is 1.64 bits per heavy atom. The first-order valence-electron chi connectivity index (χ1n) is 12.2. The van der Waals surface area contributed by atoms with Crippen LogP contribution >= 0.6 is 0 Å². The van der Waals surface area contributed by atoms with Crippen LogP contribution in [0.4, 0.5) is 4.79 Å². The largest absolute Gasteiger partial charge is 0.450 e. The van der Waals surface area contributed by atoms with Crippen LogP contribution in [0, 0.1) is 5.92 Å². The molecule has 2 saturated heterocycles. The Hall–Kier alpha value is -2.86. The third kappa shape index (κ3) is 6.14. The number of hydrogen-bond acceptors (Lipinski definition) is 4. The zero-order valence-corrected chi connectivity index (χ0v) is 19.5. The van der Waals surface area contributed by atoms with Gasteiger partial charge in [0.05, 0.1) is 6.61 Å². The zero-order valence-electron chi connectivity index (χ0n) is 19.5. The van der Waals surface area contributed by atoms with Crippen LogP contribution in [0.3, 0.4) is 0 Å². The van der Waals surface area contributed by atoms with Gasteiger partial charge in [0.1, 0.15) is 0 Å². The highest BCUT2D eigenvalue weighted by Crippen LogP contribution is 2.24. The molecule has 2 aromatic rings. The van der Waals surface area contributed by atoms with E-state index in [1.165, 1.54) is 0 Å². The number of carbonyl (C=O) groups is 2. The normalized spacial score (nSPS) is 19.8. The van der Waals surface area contributed by atoms with E-state index in [-0.39, 0.29) is 12.0 Å². The second-order valence-corrected chi connectivity index (χ2v) is 9.07. The molecule has 0 spiro atoms. The van der Waals surface area contributed by atoms with Gasteiger partial charge in [0.25, 0.3) is 5.91 Å². The van der Waals surface area contributed by atoms with Gasteiger partial charge < -0.3 is 15.0 Å². The molecule has 0 saturated carbocycles. The Labute approximate surface area is 196 Å². The highest BCUT2D eigenvalue weighted by Gasteiger charge is 2.30. The van der Waals surface area contributed by atoms with Gasteiger partial charge in [-0.1, -0.05) is 42.5 Å². The summed E-state index contributed by atoms with van der Waals surface area (Å²) in [6.07, 6.45) is 4.10. The molecule has 0 aromatic heterocycles. The lowest BCUT2D eigenvalue weighted by Crippen LogP contribution is -2.50. The van der Waals surface area contributed by atoms with Gasteiger partial charge in [-0.2, -0.15) is 0 Å². The summed E-state index contributed by atoms with van der Waals surface area (Å²) in [5.41, 5.74) is 2.97. The minimum absolute atomic E-state index is 0.00511. The highest BCUT2D eigenvalue weighted by molar-refractivity contribution is 5.94. The maximum Gasteiger partial charge on any atom is 0.409 e. The van der Waals surface area contributed by atoms with E-state index in [2.05, 4.69) is 22.3 Å². The first-order valence-corrected chi connectivity index (χ1v) is 12.2. The third-order valence-electron chi connectivity index (χ3n) is 6.86. The van der Waals surface area contributed by atoms with Crippen molar-refractivity contribution in [3.05, 3.63) is 60.2 Å². The smallest absolute Gasteiger partial charge is 0.409 e. The summed E-state index contributed by atoms with van der Waals surface area (Å²) in [6.45, 7) is 6.62. The zero-order chi connectivity index (χ0) is 23.0. The first kappa shape index (κ1) is 23.3. The summed E-state index contributed by atoms with van der Waals surface area (Å²) in [4.78, 5) is 29.0. The maximum absolute atomic E-state index is 12.7. The van der Waals surface area contributed by atoms with Gasteiger partial charge in [0, 0.05) is 37.8 Å². The highest BCUT2D eigenvalue weighted by atomic mass is 16.6. The van der Waals surface area contributed by atoms with Crippen LogP contribution in [0.25, 0.3) is 11.1 Å². The minimum atomic E-state index is -0.188. The summed E-state index contributed by atoms with van der Waals surface area (Å²) >= 11 is 0. The molecular weight excluding hydrogens is 414 g/mol. The molecule has 2 aliphatic heterocycles. The molecule has 2 amide bonds. The SMILES string of the molecule is CCOC(=O)N1CCC(N2CCC[C@@H](CNC(=O)c3ccc(-c4ccccc4)cc3)C2)CC1. The van der Waals surface area contributed by atoms with Crippen LogP contribution in [0.1, 0.15) is 43.0 Å². The Morgan fingerprint density at radius 3 is 2.33 bits per heavy atom. The van der Waals surface area contributed by atoms with E-state index < -0.39 is 0 Å². The molecule has 4 rings (SSSR count). The quantitative estimate of drug-likeness (QED) is 0.709. The van der Waals surface area contributed by atoms with Crippen molar-refractivity contribution >= 4 is 12.0 Å². The van der Waals surface area contributed by atoms with Crippen molar-refractivity contribution < 1.29 is 14.3 Å². The van der Waals surface area contributed by atoms with Crippen LogP contribution < -0.4 is 5.32 Å². The van der Waals surface area contributed by atoms with E-state index in [1.807, 2.05) is 54.3 Å². The van der Waals surface area contributed by atoms with E-state index in [1.54, 1.807) is 0 Å². The van der Waals surface area contributed by atoms with Gasteiger partial charge in [0.15, 0.2) is 0 Å². The fraction of sp³-hybridized carbons (Fsp3) is 0.481. The number of ether oxygens (including phenoxy) is 1. The standard InChI is InChI=1S/C27H35N3O3/c1-2-33-27(32)29-17-14-25(15-18-29)30-16-6-7-21(20-30)19-28-26(31)24-12-10-23(11-13-24)22-8-4-3-5-9-22/h3-5,8-13,21,25H,2,6-7,14-20H2,1H3,(H,28,31)/t21-/m0/s1. The van der Waals surface area contributed by atoms with Crippen LogP contribution in [0.15, 0.2) is 54.6 Å². The van der Waals surface area contributed by atoms with E-state index in [4.69, 9.17) is 4.74 Å². The summed E-state index contributed by atoms with van der Waals surface area (Å²) < 4.78 is 5.13. The number of amides is 2. The van der Waals surface area contributed by atoms with E-state index >= 15 is 0 Å². The molecule has 2 heterocycles. The van der Waals surface area contributed by atoms with Gasteiger partial charge in [0.2, 0.25) is 0 Å². The molecular formula is C27H35N3O3. The predicted octanol–water partition coefficient (Wildman–Crippen LogP) is 4.42. The molecule has 0 aliphatic carbocycles. The van der Waals surface area contributed by atoms with E-state index in [0.29, 0.717) is 30.7 Å². The van der Waals surface area contributed by atoms with Crippen molar-refractivity contribution in [3.63, 3.8) is 0 Å². The van der Waals surface area contributed by atoms with Crippen LogP contribution in [0.5, 0.6) is 0 Å². The monoisotopic (exact) mass is 449 g/mol. The number of nitrogens with zero attached hydrogens (tertiary/aromatic N) is 2. The average molecular weight is 450 g/mol. The molecule has 0 unspecified atom stereocenters. The lowest BCUT2D eigenvalue weighted by atomic mass is 9.93. The van der Waals surface area contributed by atoms with Crippen molar-refractivity contribution in [2.45, 2.75) is 38.6 Å². The molecule has 2 fully saturated rings. The van der Waals surface area contributed by atoms with Crippen LogP contribution in [0.2, 0.25) is 0 Å². The fourth-order valence-electron chi connectivity index (χ4n) is 5.01. The second-order valence-electron chi connectivity index (χ2n) is 9.07. The Bertz CT molecular complexity index is 908. The molecule has 6 heteroatoms. The van der Waals surface area contributed by atoms with Gasteiger partial charge in [-0.15, -0.1) is 0 Å². The Balaban J connectivity index is 1.24. The summed E-state index contributed by atoms with van der Waals surface area (Å²) in [7, 11) is 0. The van der Waals surface area contributed by atoms with Gasteiger partial charge >= 0.3 is 6.09 Å². The number of piperidine rings is 2. The van der Waals surface area contributed by atoms with Crippen LogP contribution in [-0.4, -0.2) is 67.2 Å². The molecule has 0 radical (unpaired) electrons. The van der Waals surface area contributed by atoms with Crippen LogP contribution in [-0.2, 0) is 4.74 Å². The Morgan fingerprint density at radius 1 is 0.939 bits per heavy atom. The second kappa shape index (κ2) is 11.3. The lowest BCUT2D eigenvalue weighted by Gasteiger charge is -2.42. The molecule has 1 N–H and O–H groups in total. The van der Waals surface area contributed by atoms with Crippen molar-refractivity contribution in [3.8, 4) is 11.1 Å². The lowest BCUT2D eigenvalue weighted by molar-refractivity contribution is 0.0574. The van der Waals surface area contributed by atoms with Crippen molar-refractivity contribution in [1.29, 1.82) is 0 Å². The molecule has 33 heavy (non-hydrogen) atoms.